The Balaban J connectivity index is 10.3. The van der Waals surface area contributed by atoms with Crippen molar-refractivity contribution in [1.29, 1.82) is 0 Å². The first-order chi connectivity index (χ1) is 33.1. The molecule has 2 atom stereocenters. The Morgan fingerprint density at radius 3 is 0.743 bits per heavy atom. The van der Waals surface area contributed by atoms with Crippen LogP contribution in [0.1, 0.15) is 371 Å². The van der Waals surface area contributed by atoms with Crippen molar-refractivity contribution in [2.75, 3.05) is 6.61 Å². The Kier molecular flexibility index (Phi) is 31.9. The molecule has 0 rings (SSSR count). The normalized spacial score (nSPS) is 15.6. The molecule has 0 bridgehead atoms. The van der Waals surface area contributed by atoms with E-state index < -0.39 is 5.41 Å². The minimum atomic E-state index is -0.559. The molecule has 0 aliphatic heterocycles. The van der Waals surface area contributed by atoms with Crippen molar-refractivity contribution in [3.8, 4) is 0 Å². The zero-order valence-corrected chi connectivity index (χ0v) is 53.1. The fraction of sp³-hybridized carbons (Fsp3) is 0.985. The van der Waals surface area contributed by atoms with Gasteiger partial charge in [-0.2, -0.15) is 0 Å². The summed E-state index contributed by atoms with van der Waals surface area (Å²) in [5, 5.41) is 0. The molecule has 2 unspecified atom stereocenters. The quantitative estimate of drug-likeness (QED) is 0.0449. The van der Waals surface area contributed by atoms with Gasteiger partial charge in [0, 0.05) is 0 Å². The average Bonchev–Trinajstić information content (AvgIpc) is 3.39. The summed E-state index contributed by atoms with van der Waals surface area (Å²) in [6, 6.07) is 0. The van der Waals surface area contributed by atoms with Crippen LogP contribution in [0.2, 0.25) is 0 Å². The van der Waals surface area contributed by atoms with Crippen LogP contribution >= 0.6 is 0 Å². The zero-order valence-electron chi connectivity index (χ0n) is 53.1. The van der Waals surface area contributed by atoms with Crippen LogP contribution in [-0.4, -0.2) is 12.6 Å². The van der Waals surface area contributed by atoms with E-state index in [-0.39, 0.29) is 27.6 Å². The number of ether oxygens (including phenoxy) is 1. The van der Waals surface area contributed by atoms with Gasteiger partial charge in [0.1, 0.15) is 0 Å². The monoisotopic (exact) mass is 985 g/mol. The van der Waals surface area contributed by atoms with Gasteiger partial charge in [0.15, 0.2) is 0 Å². The van der Waals surface area contributed by atoms with Crippen LogP contribution in [0, 0.1) is 54.1 Å². The molecule has 0 aromatic heterocycles. The number of carbonyl (C=O) groups excluding carboxylic acids is 1. The maximum Gasteiger partial charge on any atom is 0.311 e. The first-order valence-electron chi connectivity index (χ1n) is 32.2. The van der Waals surface area contributed by atoms with Gasteiger partial charge >= 0.3 is 5.97 Å². The molecule has 0 radical (unpaired) electrons. The van der Waals surface area contributed by atoms with E-state index in [9.17, 15) is 0 Å². The molecular weight excluding hydrogens is 849 g/mol. The molecule has 0 heterocycles. The molecule has 0 aromatic carbocycles. The van der Waals surface area contributed by atoms with Gasteiger partial charge < -0.3 is 4.74 Å². The third-order valence-corrected chi connectivity index (χ3v) is 23.6. The SMILES string of the molecule is CCCCCC(CC(CC)(CC)CC)(CC(CC)(CC)CC)CC(CC(CC)(CC)CC)(CC(CC(CC)(CC)CC)(CC(CC)(CC)CC)CC(CC)(CC)CC)CC(C)(CC)C(=O)OCCCC. The largest absolute Gasteiger partial charge is 0.465 e. The molecule has 0 aromatic rings. The van der Waals surface area contributed by atoms with Crippen LogP contribution in [-0.2, 0) is 9.53 Å². The number of hydrogen-bond acceptors (Lipinski definition) is 2. The van der Waals surface area contributed by atoms with E-state index in [1.165, 1.54) is 193 Å². The molecule has 0 N–H and O–H groups in total. The second-order valence-electron chi connectivity index (χ2n) is 26.3. The lowest BCUT2D eigenvalue weighted by molar-refractivity contribution is -0.161. The van der Waals surface area contributed by atoms with Crippen molar-refractivity contribution in [3.05, 3.63) is 0 Å². The topological polar surface area (TPSA) is 26.3 Å². The Morgan fingerprint density at radius 1 is 0.271 bits per heavy atom. The Morgan fingerprint density at radius 2 is 0.500 bits per heavy atom. The summed E-state index contributed by atoms with van der Waals surface area (Å²) in [5.41, 5.74) is 1.38. The minimum Gasteiger partial charge on any atom is -0.465 e. The van der Waals surface area contributed by atoms with Gasteiger partial charge in [-0.05, 0) is 133 Å². The molecule has 0 amide bonds. The maximum absolute atomic E-state index is 15.4. The van der Waals surface area contributed by atoms with Crippen LogP contribution in [0.15, 0.2) is 0 Å². The van der Waals surface area contributed by atoms with Crippen molar-refractivity contribution in [1.82, 2.24) is 0 Å². The third kappa shape index (κ3) is 18.3. The van der Waals surface area contributed by atoms with Crippen LogP contribution in [0.4, 0.5) is 0 Å². The molecule has 0 saturated heterocycles. The smallest absolute Gasteiger partial charge is 0.311 e. The van der Waals surface area contributed by atoms with E-state index in [0.29, 0.717) is 33.7 Å². The van der Waals surface area contributed by atoms with Crippen LogP contribution in [0.5, 0.6) is 0 Å². The molecule has 0 aliphatic rings. The van der Waals surface area contributed by atoms with Crippen molar-refractivity contribution in [3.63, 3.8) is 0 Å². The first kappa shape index (κ1) is 69.5. The summed E-state index contributed by atoms with van der Waals surface area (Å²) < 4.78 is 6.56. The number of hydrogen-bond donors (Lipinski definition) is 0. The number of unbranched alkanes of at least 4 members (excludes halogenated alkanes) is 3. The predicted molar refractivity (Wildman–Crippen MR) is 317 cm³/mol. The summed E-state index contributed by atoms with van der Waals surface area (Å²) in [6.07, 6.45) is 41.9. The molecule has 70 heavy (non-hydrogen) atoms. The Bertz CT molecular complexity index is 1200. The fourth-order valence-corrected chi connectivity index (χ4v) is 16.7. The van der Waals surface area contributed by atoms with Gasteiger partial charge in [0.05, 0.1) is 12.0 Å². The summed E-state index contributed by atoms with van der Waals surface area (Å²) in [6.45, 7) is 55.9. The van der Waals surface area contributed by atoms with E-state index in [1.54, 1.807) is 0 Å². The van der Waals surface area contributed by atoms with Gasteiger partial charge in [-0.3, -0.25) is 4.79 Å². The molecule has 0 aliphatic carbocycles. The molecule has 0 saturated carbocycles. The van der Waals surface area contributed by atoms with E-state index in [1.807, 2.05) is 0 Å². The number of carbonyl (C=O) groups is 1. The van der Waals surface area contributed by atoms with E-state index >= 15 is 4.79 Å². The second kappa shape index (κ2) is 32.1. The minimum absolute atomic E-state index is 0.0619. The molecular formula is C68H136O2. The average molecular weight is 986 g/mol. The van der Waals surface area contributed by atoms with Crippen LogP contribution in [0.3, 0.4) is 0 Å². The van der Waals surface area contributed by atoms with Gasteiger partial charge in [0.2, 0.25) is 0 Å². The lowest BCUT2D eigenvalue weighted by atomic mass is 9.45. The Hall–Kier alpha value is -0.530. The number of rotatable bonds is 45. The van der Waals surface area contributed by atoms with Crippen molar-refractivity contribution in [2.45, 2.75) is 371 Å². The summed E-state index contributed by atoms with van der Waals surface area (Å²) in [5.74, 6) is 0.0974. The maximum atomic E-state index is 15.4. The fourth-order valence-electron chi connectivity index (χ4n) is 16.7. The zero-order chi connectivity index (χ0) is 54.0. The summed E-state index contributed by atoms with van der Waals surface area (Å²) >= 11 is 0. The van der Waals surface area contributed by atoms with E-state index in [2.05, 4.69) is 152 Å². The van der Waals surface area contributed by atoms with Crippen molar-refractivity contribution in [2.24, 2.45) is 54.1 Å². The third-order valence-electron chi connectivity index (χ3n) is 23.6. The highest BCUT2D eigenvalue weighted by Gasteiger charge is 2.57. The number of esters is 1. The second-order valence-corrected chi connectivity index (χ2v) is 26.3. The van der Waals surface area contributed by atoms with Gasteiger partial charge in [-0.1, -0.05) is 287 Å². The molecule has 0 spiro atoms. The summed E-state index contributed by atoms with van der Waals surface area (Å²) in [7, 11) is 0. The molecule has 2 heteroatoms. The lowest BCUT2D eigenvalue weighted by Crippen LogP contribution is -2.50. The highest BCUT2D eigenvalue weighted by atomic mass is 16.5. The van der Waals surface area contributed by atoms with Gasteiger partial charge in [0.25, 0.3) is 0 Å². The van der Waals surface area contributed by atoms with Gasteiger partial charge in [-0.25, -0.2) is 0 Å². The molecule has 0 fully saturated rings. The first-order valence-corrected chi connectivity index (χ1v) is 32.2. The van der Waals surface area contributed by atoms with E-state index in [0.717, 1.165) is 25.7 Å². The van der Waals surface area contributed by atoms with Crippen molar-refractivity contribution >= 4 is 5.97 Å². The molecule has 420 valence electrons. The Labute approximate surface area is 444 Å². The standard InChI is InChI=1S/C68H136O2/c1-23-44-46-47-66(50-60(26-4,27-5)28-6,51-61(29-7,30-8)31-9)56-67(52-62(32-10,33-11)34-12,49-59(22,25-3)58(69)70-48-45-24-2)57-68(53-63(35-13,36-14)37-15,54-64(38-16,39-17)40-18)55-65(41-19,42-20)43-21/h23-57H2,1-22H3. The van der Waals surface area contributed by atoms with Crippen LogP contribution < -0.4 is 0 Å². The van der Waals surface area contributed by atoms with Crippen molar-refractivity contribution < 1.29 is 9.53 Å². The van der Waals surface area contributed by atoms with Gasteiger partial charge in [-0.15, -0.1) is 0 Å². The van der Waals surface area contributed by atoms with E-state index in [4.69, 9.17) is 4.74 Å². The predicted octanol–water partition coefficient (Wildman–Crippen LogP) is 24.1. The highest BCUT2D eigenvalue weighted by Crippen LogP contribution is 2.68. The van der Waals surface area contributed by atoms with Crippen LogP contribution in [0.25, 0.3) is 0 Å². The molecule has 2 nitrogen and oxygen atoms in total. The highest BCUT2D eigenvalue weighted by molar-refractivity contribution is 5.76. The lowest BCUT2D eigenvalue weighted by Gasteiger charge is -2.60. The summed E-state index contributed by atoms with van der Waals surface area (Å²) in [4.78, 5) is 15.4.